The van der Waals surface area contributed by atoms with Crippen LogP contribution >= 0.6 is 23.1 Å². The van der Waals surface area contributed by atoms with Gasteiger partial charge in [-0.3, -0.25) is 9.59 Å². The smallest absolute Gasteiger partial charge is 0.355 e. The third-order valence-corrected chi connectivity index (χ3v) is 5.66. The molecule has 0 radical (unpaired) electrons. The van der Waals surface area contributed by atoms with Gasteiger partial charge in [-0.25, -0.2) is 9.78 Å². The molecule has 1 atom stereocenters. The minimum absolute atomic E-state index is 0.0323. The monoisotopic (exact) mass is 391 g/mol. The van der Waals surface area contributed by atoms with Crippen molar-refractivity contribution in [3.63, 3.8) is 0 Å². The fourth-order valence-corrected chi connectivity index (χ4v) is 3.81. The standard InChI is InChI=1S/C17H17N3O4S2/c1-25-12-4-2-11(3-5-12)20-8-10(6-15(20)21)16(22)18-7-14-19-13(9-26-14)17(23)24/h2-5,9-10H,6-8H2,1H3,(H,18,22)(H,23,24). The average Bonchev–Trinajstić information content (AvgIpc) is 3.27. The summed E-state index contributed by atoms with van der Waals surface area (Å²) >= 11 is 2.80. The lowest BCUT2D eigenvalue weighted by molar-refractivity contribution is -0.126. The molecule has 2 N–H and O–H groups in total. The number of benzene rings is 1. The maximum Gasteiger partial charge on any atom is 0.355 e. The molecule has 1 aliphatic rings. The highest BCUT2D eigenvalue weighted by atomic mass is 32.2. The van der Waals surface area contributed by atoms with Gasteiger partial charge in [0.1, 0.15) is 5.01 Å². The summed E-state index contributed by atoms with van der Waals surface area (Å²) in [5, 5.41) is 13.5. The van der Waals surface area contributed by atoms with Gasteiger partial charge in [-0.2, -0.15) is 0 Å². The van der Waals surface area contributed by atoms with Crippen molar-refractivity contribution >= 4 is 46.6 Å². The van der Waals surface area contributed by atoms with Gasteiger partial charge in [0.25, 0.3) is 0 Å². The molecule has 2 heterocycles. The number of anilines is 1. The number of carbonyl (C=O) groups is 3. The van der Waals surface area contributed by atoms with E-state index in [1.54, 1.807) is 16.7 Å². The van der Waals surface area contributed by atoms with E-state index in [2.05, 4.69) is 10.3 Å². The SMILES string of the molecule is CSc1ccc(N2CC(C(=O)NCc3nc(C(=O)O)cs3)CC2=O)cc1. The number of nitrogens with one attached hydrogen (secondary N) is 1. The lowest BCUT2D eigenvalue weighted by Gasteiger charge is -2.17. The Labute approximate surface area is 158 Å². The second-order valence-corrected chi connectivity index (χ2v) is 7.58. The maximum atomic E-state index is 12.3. The number of nitrogens with zero attached hydrogens (tertiary/aromatic N) is 2. The zero-order chi connectivity index (χ0) is 18.7. The Hall–Kier alpha value is -2.39. The van der Waals surface area contributed by atoms with Gasteiger partial charge in [0.2, 0.25) is 11.8 Å². The van der Waals surface area contributed by atoms with Gasteiger partial charge < -0.3 is 15.3 Å². The quantitative estimate of drug-likeness (QED) is 0.733. The van der Waals surface area contributed by atoms with Crippen LogP contribution in [0.2, 0.25) is 0 Å². The van der Waals surface area contributed by atoms with Gasteiger partial charge in [0.05, 0.1) is 12.5 Å². The van der Waals surface area contributed by atoms with Gasteiger partial charge >= 0.3 is 5.97 Å². The first-order valence-corrected chi connectivity index (χ1v) is 9.98. The van der Waals surface area contributed by atoms with Crippen LogP contribution in [0.5, 0.6) is 0 Å². The van der Waals surface area contributed by atoms with Crippen molar-refractivity contribution in [3.8, 4) is 0 Å². The van der Waals surface area contributed by atoms with Crippen molar-refractivity contribution in [2.45, 2.75) is 17.9 Å². The van der Waals surface area contributed by atoms with Crippen molar-refractivity contribution in [1.82, 2.24) is 10.3 Å². The largest absolute Gasteiger partial charge is 0.476 e. The number of hydrogen-bond donors (Lipinski definition) is 2. The molecule has 2 aromatic rings. The van der Waals surface area contributed by atoms with E-state index in [-0.39, 0.29) is 30.5 Å². The van der Waals surface area contributed by atoms with E-state index in [0.717, 1.165) is 10.6 Å². The number of rotatable bonds is 6. The van der Waals surface area contributed by atoms with Crippen molar-refractivity contribution < 1.29 is 19.5 Å². The molecule has 26 heavy (non-hydrogen) atoms. The third-order valence-electron chi connectivity index (χ3n) is 4.06. The summed E-state index contributed by atoms with van der Waals surface area (Å²) in [6.07, 6.45) is 2.15. The van der Waals surface area contributed by atoms with Gasteiger partial charge in [-0.1, -0.05) is 0 Å². The first kappa shape index (κ1) is 18.4. The Kier molecular flexibility index (Phi) is 5.58. The van der Waals surface area contributed by atoms with Crippen LogP contribution in [0.4, 0.5) is 5.69 Å². The normalized spacial score (nSPS) is 16.7. The number of carboxylic acids is 1. The van der Waals surface area contributed by atoms with E-state index >= 15 is 0 Å². The van der Waals surface area contributed by atoms with Gasteiger partial charge in [-0.05, 0) is 30.5 Å². The topological polar surface area (TPSA) is 99.6 Å². The zero-order valence-electron chi connectivity index (χ0n) is 14.0. The van der Waals surface area contributed by atoms with Crippen LogP contribution in [0, 0.1) is 5.92 Å². The number of amides is 2. The van der Waals surface area contributed by atoms with E-state index < -0.39 is 11.9 Å². The Bertz CT molecular complexity index is 835. The molecule has 1 fully saturated rings. The lowest BCUT2D eigenvalue weighted by Crippen LogP contribution is -2.32. The number of thioether (sulfide) groups is 1. The predicted octanol–water partition coefficient (Wildman–Crippen LogP) is 2.23. The molecule has 9 heteroatoms. The zero-order valence-corrected chi connectivity index (χ0v) is 15.6. The average molecular weight is 391 g/mol. The Balaban J connectivity index is 1.58. The molecule has 2 amide bonds. The summed E-state index contributed by atoms with van der Waals surface area (Å²) < 4.78 is 0. The summed E-state index contributed by atoms with van der Waals surface area (Å²) in [6, 6.07) is 7.66. The minimum atomic E-state index is -1.09. The predicted molar refractivity (Wildman–Crippen MR) is 99.6 cm³/mol. The molecule has 0 saturated carbocycles. The highest BCUT2D eigenvalue weighted by molar-refractivity contribution is 7.98. The molecule has 1 aromatic carbocycles. The fourth-order valence-electron chi connectivity index (χ4n) is 2.69. The molecule has 0 aliphatic carbocycles. The number of aromatic nitrogens is 1. The molecule has 1 aromatic heterocycles. The number of hydrogen-bond acceptors (Lipinski definition) is 6. The molecule has 0 bridgehead atoms. The van der Waals surface area contributed by atoms with Crippen molar-refractivity contribution in [3.05, 3.63) is 40.3 Å². The van der Waals surface area contributed by atoms with Crippen molar-refractivity contribution in [2.24, 2.45) is 5.92 Å². The van der Waals surface area contributed by atoms with Crippen LogP contribution in [0.25, 0.3) is 0 Å². The van der Waals surface area contributed by atoms with Crippen LogP contribution in [-0.2, 0) is 16.1 Å². The molecular formula is C17H17N3O4S2. The van der Waals surface area contributed by atoms with Gasteiger partial charge in [0, 0.05) is 28.9 Å². The van der Waals surface area contributed by atoms with Gasteiger partial charge in [0.15, 0.2) is 5.69 Å². The highest BCUT2D eigenvalue weighted by Gasteiger charge is 2.35. The molecule has 0 spiro atoms. The minimum Gasteiger partial charge on any atom is -0.476 e. The van der Waals surface area contributed by atoms with E-state index in [1.807, 2.05) is 30.5 Å². The van der Waals surface area contributed by atoms with Crippen LogP contribution in [0.3, 0.4) is 0 Å². The second-order valence-electron chi connectivity index (χ2n) is 5.75. The number of aromatic carboxylic acids is 1. The fraction of sp³-hybridized carbons (Fsp3) is 0.294. The van der Waals surface area contributed by atoms with Crippen molar-refractivity contribution in [2.75, 3.05) is 17.7 Å². The summed E-state index contributed by atoms with van der Waals surface area (Å²) in [4.78, 5) is 42.1. The number of carbonyl (C=O) groups excluding carboxylic acids is 2. The molecule has 7 nitrogen and oxygen atoms in total. The van der Waals surface area contributed by atoms with Crippen LogP contribution in [0.15, 0.2) is 34.5 Å². The van der Waals surface area contributed by atoms with Crippen LogP contribution in [-0.4, -0.2) is 40.7 Å². The van der Waals surface area contributed by atoms with E-state index in [1.165, 1.54) is 16.7 Å². The summed E-state index contributed by atoms with van der Waals surface area (Å²) in [5.41, 5.74) is 0.754. The Morgan fingerprint density at radius 1 is 1.38 bits per heavy atom. The van der Waals surface area contributed by atoms with E-state index in [0.29, 0.717) is 11.6 Å². The summed E-state index contributed by atoms with van der Waals surface area (Å²) in [6.45, 7) is 0.491. The van der Waals surface area contributed by atoms with E-state index in [9.17, 15) is 14.4 Å². The van der Waals surface area contributed by atoms with Gasteiger partial charge in [-0.15, -0.1) is 23.1 Å². The maximum absolute atomic E-state index is 12.3. The molecular weight excluding hydrogens is 374 g/mol. The molecule has 136 valence electrons. The first-order chi connectivity index (χ1) is 12.5. The highest BCUT2D eigenvalue weighted by Crippen LogP contribution is 2.27. The summed E-state index contributed by atoms with van der Waals surface area (Å²) in [5.74, 6) is -1.83. The molecule has 1 unspecified atom stereocenters. The molecule has 1 saturated heterocycles. The third kappa shape index (κ3) is 4.05. The second kappa shape index (κ2) is 7.88. The first-order valence-electron chi connectivity index (χ1n) is 7.87. The Morgan fingerprint density at radius 2 is 2.12 bits per heavy atom. The molecule has 1 aliphatic heterocycles. The number of thiazole rings is 1. The number of carboxylic acid groups (broad SMARTS) is 1. The Morgan fingerprint density at radius 3 is 2.73 bits per heavy atom. The lowest BCUT2D eigenvalue weighted by atomic mass is 10.1. The van der Waals surface area contributed by atoms with Crippen molar-refractivity contribution in [1.29, 1.82) is 0 Å². The van der Waals surface area contributed by atoms with E-state index in [4.69, 9.17) is 5.11 Å². The summed E-state index contributed by atoms with van der Waals surface area (Å²) in [7, 11) is 0. The van der Waals surface area contributed by atoms with Crippen LogP contribution < -0.4 is 10.2 Å². The van der Waals surface area contributed by atoms with Crippen LogP contribution in [0.1, 0.15) is 21.9 Å². The molecule has 3 rings (SSSR count).